The van der Waals surface area contributed by atoms with Crippen LogP contribution in [0, 0.1) is 0 Å². The predicted molar refractivity (Wildman–Crippen MR) is 77.7 cm³/mol. The molecule has 0 aromatic carbocycles. The topological polar surface area (TPSA) is 89.2 Å². The second-order valence-corrected chi connectivity index (χ2v) is 5.48. The van der Waals surface area contributed by atoms with E-state index in [2.05, 4.69) is 25.3 Å². The number of nitrogens with one attached hydrogen (secondary N) is 1. The van der Waals surface area contributed by atoms with Crippen LogP contribution in [-0.2, 0) is 6.61 Å². The Labute approximate surface area is 120 Å². The molecule has 3 N–H and O–H groups in total. The Balaban J connectivity index is 1.76. The highest BCUT2D eigenvalue weighted by molar-refractivity contribution is 7.09. The number of ether oxygens (including phenoxy) is 1. The lowest BCUT2D eigenvalue weighted by Gasteiger charge is -2.16. The van der Waals surface area contributed by atoms with Crippen molar-refractivity contribution in [2.75, 3.05) is 23.4 Å². The molecular weight excluding hydrogens is 276 g/mol. The summed E-state index contributed by atoms with van der Waals surface area (Å²) in [6.07, 6.45) is 2.31. The van der Waals surface area contributed by atoms with Crippen molar-refractivity contribution < 1.29 is 4.74 Å². The van der Waals surface area contributed by atoms with E-state index in [1.165, 1.54) is 0 Å². The van der Waals surface area contributed by atoms with Crippen LogP contribution in [0.4, 0.5) is 11.9 Å². The van der Waals surface area contributed by atoms with E-state index in [0.29, 0.717) is 24.5 Å². The molecule has 0 bridgehead atoms. The van der Waals surface area contributed by atoms with Gasteiger partial charge in [-0.05, 0) is 24.3 Å². The molecule has 0 unspecified atom stereocenters. The molecule has 1 fully saturated rings. The van der Waals surface area contributed by atoms with Crippen LogP contribution >= 0.6 is 11.3 Å². The quantitative estimate of drug-likeness (QED) is 0.636. The molecule has 7 nitrogen and oxygen atoms in total. The highest BCUT2D eigenvalue weighted by Crippen LogP contribution is 2.20. The van der Waals surface area contributed by atoms with E-state index in [0.717, 1.165) is 30.8 Å². The monoisotopic (exact) mass is 292 g/mol. The Morgan fingerprint density at radius 1 is 1.30 bits per heavy atom. The van der Waals surface area contributed by atoms with E-state index in [1.54, 1.807) is 11.3 Å². The maximum Gasteiger partial charge on any atom is 0.323 e. The number of anilines is 2. The summed E-state index contributed by atoms with van der Waals surface area (Å²) in [5.74, 6) is 6.34. The van der Waals surface area contributed by atoms with Crippen molar-refractivity contribution >= 4 is 23.2 Å². The molecule has 1 saturated heterocycles. The molecular formula is C12H16N6OS. The fourth-order valence-corrected chi connectivity index (χ4v) is 2.68. The van der Waals surface area contributed by atoms with Gasteiger partial charge in [-0.25, -0.2) is 5.84 Å². The van der Waals surface area contributed by atoms with Crippen molar-refractivity contribution in [2.45, 2.75) is 19.4 Å². The second-order valence-electron chi connectivity index (χ2n) is 4.45. The van der Waals surface area contributed by atoms with E-state index in [1.807, 2.05) is 17.5 Å². The average molecular weight is 292 g/mol. The standard InChI is InChI=1S/C12H16N6OS/c13-17-10-14-11(18-5-1-2-6-18)16-12(15-10)19-8-9-4-3-7-20-9/h3-4,7H,1-2,5-6,8,13H2,(H,14,15,16,17). The number of hydrazine groups is 1. The molecule has 3 rings (SSSR count). The average Bonchev–Trinajstić information content (AvgIpc) is 3.17. The minimum atomic E-state index is 0.295. The summed E-state index contributed by atoms with van der Waals surface area (Å²) in [6.45, 7) is 2.36. The third-order valence-corrected chi connectivity index (χ3v) is 3.89. The van der Waals surface area contributed by atoms with Gasteiger partial charge in [0.2, 0.25) is 11.9 Å². The van der Waals surface area contributed by atoms with Gasteiger partial charge in [-0.1, -0.05) is 6.07 Å². The van der Waals surface area contributed by atoms with Gasteiger partial charge in [0.15, 0.2) is 0 Å². The van der Waals surface area contributed by atoms with Gasteiger partial charge in [-0.2, -0.15) is 15.0 Å². The number of nitrogens with zero attached hydrogens (tertiary/aromatic N) is 4. The van der Waals surface area contributed by atoms with E-state index in [4.69, 9.17) is 10.6 Å². The summed E-state index contributed by atoms with van der Waals surface area (Å²) in [7, 11) is 0. The van der Waals surface area contributed by atoms with Gasteiger partial charge in [0.05, 0.1) is 0 Å². The van der Waals surface area contributed by atoms with Crippen LogP contribution in [0.25, 0.3) is 0 Å². The minimum Gasteiger partial charge on any atom is -0.458 e. The summed E-state index contributed by atoms with van der Waals surface area (Å²) >= 11 is 1.63. The van der Waals surface area contributed by atoms with Crippen LogP contribution in [0.3, 0.4) is 0 Å². The first-order valence-electron chi connectivity index (χ1n) is 6.48. The molecule has 0 radical (unpaired) electrons. The molecule has 20 heavy (non-hydrogen) atoms. The molecule has 1 aliphatic heterocycles. The summed E-state index contributed by atoms with van der Waals surface area (Å²) in [5.41, 5.74) is 2.46. The van der Waals surface area contributed by atoms with Crippen LogP contribution in [0.1, 0.15) is 17.7 Å². The van der Waals surface area contributed by atoms with E-state index >= 15 is 0 Å². The molecule has 0 aliphatic carbocycles. The fraction of sp³-hybridized carbons (Fsp3) is 0.417. The van der Waals surface area contributed by atoms with Crippen molar-refractivity contribution in [3.05, 3.63) is 22.4 Å². The zero-order valence-electron chi connectivity index (χ0n) is 11.0. The van der Waals surface area contributed by atoms with E-state index in [9.17, 15) is 0 Å². The number of aromatic nitrogens is 3. The molecule has 0 atom stereocenters. The SMILES string of the molecule is NNc1nc(OCc2cccs2)nc(N2CCCC2)n1. The van der Waals surface area contributed by atoms with Crippen LogP contribution in [-0.4, -0.2) is 28.0 Å². The Morgan fingerprint density at radius 2 is 2.15 bits per heavy atom. The molecule has 3 heterocycles. The van der Waals surface area contributed by atoms with Gasteiger partial charge in [0.25, 0.3) is 0 Å². The van der Waals surface area contributed by atoms with Crippen LogP contribution in [0.2, 0.25) is 0 Å². The molecule has 106 valence electrons. The maximum atomic E-state index is 5.62. The zero-order valence-corrected chi connectivity index (χ0v) is 11.8. The summed E-state index contributed by atoms with van der Waals surface area (Å²) in [4.78, 5) is 16.0. The van der Waals surface area contributed by atoms with Crippen molar-refractivity contribution in [3.8, 4) is 6.01 Å². The number of hydrogen-bond donors (Lipinski definition) is 2. The Morgan fingerprint density at radius 3 is 2.85 bits per heavy atom. The number of hydrogen-bond acceptors (Lipinski definition) is 8. The highest BCUT2D eigenvalue weighted by Gasteiger charge is 2.17. The molecule has 1 aliphatic rings. The Kier molecular flexibility index (Phi) is 3.93. The number of rotatable bonds is 5. The molecule has 0 saturated carbocycles. The molecule has 0 amide bonds. The van der Waals surface area contributed by atoms with Gasteiger partial charge in [0, 0.05) is 18.0 Å². The van der Waals surface area contributed by atoms with Gasteiger partial charge in [-0.3, -0.25) is 5.43 Å². The maximum absolute atomic E-state index is 5.62. The largest absolute Gasteiger partial charge is 0.458 e. The van der Waals surface area contributed by atoms with Gasteiger partial charge >= 0.3 is 6.01 Å². The van der Waals surface area contributed by atoms with E-state index < -0.39 is 0 Å². The number of thiophene rings is 1. The van der Waals surface area contributed by atoms with Crippen molar-refractivity contribution in [1.29, 1.82) is 0 Å². The van der Waals surface area contributed by atoms with Gasteiger partial charge < -0.3 is 9.64 Å². The lowest BCUT2D eigenvalue weighted by molar-refractivity contribution is 0.283. The van der Waals surface area contributed by atoms with Crippen LogP contribution < -0.4 is 20.9 Å². The summed E-state index contributed by atoms with van der Waals surface area (Å²) in [6, 6.07) is 4.29. The normalized spacial score (nSPS) is 14.6. The third-order valence-electron chi connectivity index (χ3n) is 3.04. The Bertz CT molecular complexity index is 555. The fourth-order valence-electron chi connectivity index (χ4n) is 2.06. The molecule has 2 aromatic heterocycles. The molecule has 2 aromatic rings. The second kappa shape index (κ2) is 6.02. The Hall–Kier alpha value is -1.93. The first-order valence-corrected chi connectivity index (χ1v) is 7.36. The minimum absolute atomic E-state index is 0.295. The van der Waals surface area contributed by atoms with Gasteiger partial charge in [0.1, 0.15) is 6.61 Å². The summed E-state index contributed by atoms with van der Waals surface area (Å²) in [5, 5.41) is 2.01. The lowest BCUT2D eigenvalue weighted by atomic mass is 10.4. The summed E-state index contributed by atoms with van der Waals surface area (Å²) < 4.78 is 5.62. The first kappa shape index (κ1) is 13.1. The van der Waals surface area contributed by atoms with E-state index in [-0.39, 0.29) is 0 Å². The molecule has 8 heteroatoms. The van der Waals surface area contributed by atoms with Gasteiger partial charge in [-0.15, -0.1) is 11.3 Å². The van der Waals surface area contributed by atoms with Crippen molar-refractivity contribution in [1.82, 2.24) is 15.0 Å². The predicted octanol–water partition coefficient (Wildman–Crippen LogP) is 1.40. The smallest absolute Gasteiger partial charge is 0.323 e. The highest BCUT2D eigenvalue weighted by atomic mass is 32.1. The first-order chi connectivity index (χ1) is 9.85. The lowest BCUT2D eigenvalue weighted by Crippen LogP contribution is -2.22. The van der Waals surface area contributed by atoms with Crippen LogP contribution in [0.5, 0.6) is 6.01 Å². The van der Waals surface area contributed by atoms with Crippen LogP contribution in [0.15, 0.2) is 17.5 Å². The molecule has 0 spiro atoms. The third kappa shape index (κ3) is 2.97. The van der Waals surface area contributed by atoms with Crippen molar-refractivity contribution in [3.63, 3.8) is 0 Å². The zero-order chi connectivity index (χ0) is 13.8. The number of nitrogen functional groups attached to an aromatic ring is 1. The van der Waals surface area contributed by atoms with Crippen molar-refractivity contribution in [2.24, 2.45) is 5.84 Å². The number of nitrogens with two attached hydrogens (primary N) is 1.